The number of methoxy groups -OCH3 is 2. The van der Waals surface area contributed by atoms with Gasteiger partial charge in [0.1, 0.15) is 5.82 Å². The lowest BCUT2D eigenvalue weighted by Crippen LogP contribution is -2.10. The van der Waals surface area contributed by atoms with Gasteiger partial charge in [0, 0.05) is 11.6 Å². The molecular formula is C16H22ClFO2. The van der Waals surface area contributed by atoms with Crippen molar-refractivity contribution in [2.24, 2.45) is 5.92 Å². The number of alkyl halides is 1. The maximum Gasteiger partial charge on any atom is 0.163 e. The van der Waals surface area contributed by atoms with E-state index in [4.69, 9.17) is 21.1 Å². The highest BCUT2D eigenvalue weighted by Crippen LogP contribution is 2.39. The van der Waals surface area contributed by atoms with Crippen LogP contribution in [0.1, 0.15) is 49.5 Å². The van der Waals surface area contributed by atoms with E-state index in [0.717, 1.165) is 6.42 Å². The third kappa shape index (κ3) is 3.57. The van der Waals surface area contributed by atoms with Crippen LogP contribution in [0.3, 0.4) is 0 Å². The van der Waals surface area contributed by atoms with E-state index in [9.17, 15) is 4.39 Å². The lowest BCUT2D eigenvalue weighted by atomic mass is 9.85. The molecule has 0 spiro atoms. The molecule has 0 radical (unpaired) electrons. The Labute approximate surface area is 125 Å². The molecule has 0 heterocycles. The molecule has 20 heavy (non-hydrogen) atoms. The summed E-state index contributed by atoms with van der Waals surface area (Å²) >= 11 is 6.43. The van der Waals surface area contributed by atoms with Crippen LogP contribution in [0.2, 0.25) is 0 Å². The van der Waals surface area contributed by atoms with Crippen molar-refractivity contribution in [1.29, 1.82) is 0 Å². The molecule has 0 aliphatic heterocycles. The normalized spacial score (nSPS) is 17.8. The van der Waals surface area contributed by atoms with Gasteiger partial charge in [0.2, 0.25) is 0 Å². The van der Waals surface area contributed by atoms with E-state index in [1.165, 1.54) is 45.3 Å². The van der Waals surface area contributed by atoms with Gasteiger partial charge >= 0.3 is 0 Å². The fraction of sp³-hybridized carbons (Fsp3) is 0.625. The summed E-state index contributed by atoms with van der Waals surface area (Å²) in [6, 6.07) is 3.01. The third-order valence-electron chi connectivity index (χ3n) is 4.11. The van der Waals surface area contributed by atoms with Gasteiger partial charge in [-0.05, 0) is 18.4 Å². The first-order valence-electron chi connectivity index (χ1n) is 7.21. The van der Waals surface area contributed by atoms with Crippen molar-refractivity contribution in [1.82, 2.24) is 0 Å². The van der Waals surface area contributed by atoms with E-state index in [1.54, 1.807) is 13.2 Å². The number of rotatable bonds is 5. The molecule has 0 aromatic heterocycles. The molecular weight excluding hydrogens is 279 g/mol. The first-order chi connectivity index (χ1) is 9.65. The molecule has 1 aliphatic carbocycles. The summed E-state index contributed by atoms with van der Waals surface area (Å²) < 4.78 is 24.5. The molecule has 1 unspecified atom stereocenters. The van der Waals surface area contributed by atoms with Crippen LogP contribution in [0.25, 0.3) is 0 Å². The Morgan fingerprint density at radius 3 is 2.35 bits per heavy atom. The van der Waals surface area contributed by atoms with Crippen molar-refractivity contribution >= 4 is 11.6 Å². The quantitative estimate of drug-likeness (QED) is 0.705. The Morgan fingerprint density at radius 1 is 1.15 bits per heavy atom. The van der Waals surface area contributed by atoms with Crippen molar-refractivity contribution < 1.29 is 13.9 Å². The lowest BCUT2D eigenvalue weighted by molar-refractivity contribution is 0.332. The van der Waals surface area contributed by atoms with Crippen LogP contribution in [0.5, 0.6) is 11.5 Å². The van der Waals surface area contributed by atoms with Gasteiger partial charge in [-0.3, -0.25) is 0 Å². The number of halogens is 2. The van der Waals surface area contributed by atoms with Gasteiger partial charge in [-0.25, -0.2) is 4.39 Å². The van der Waals surface area contributed by atoms with Gasteiger partial charge in [-0.15, -0.1) is 11.6 Å². The molecule has 0 N–H and O–H groups in total. The van der Waals surface area contributed by atoms with Gasteiger partial charge in [0.25, 0.3) is 0 Å². The van der Waals surface area contributed by atoms with E-state index in [2.05, 4.69) is 0 Å². The van der Waals surface area contributed by atoms with Crippen molar-refractivity contribution in [3.8, 4) is 11.5 Å². The molecule has 1 aliphatic rings. The second-order valence-corrected chi connectivity index (χ2v) is 5.96. The molecule has 1 aromatic carbocycles. The van der Waals surface area contributed by atoms with Crippen molar-refractivity contribution in [3.63, 3.8) is 0 Å². The Bertz CT molecular complexity index is 444. The van der Waals surface area contributed by atoms with Gasteiger partial charge < -0.3 is 9.47 Å². The Balaban J connectivity index is 2.13. The average molecular weight is 301 g/mol. The number of hydrogen-bond acceptors (Lipinski definition) is 2. The zero-order valence-corrected chi connectivity index (χ0v) is 12.9. The van der Waals surface area contributed by atoms with E-state index >= 15 is 0 Å². The second kappa shape index (κ2) is 7.16. The molecule has 1 saturated carbocycles. The molecule has 0 saturated heterocycles. The highest BCUT2D eigenvalue weighted by atomic mass is 35.5. The summed E-state index contributed by atoms with van der Waals surface area (Å²) in [5, 5.41) is -0.307. The summed E-state index contributed by atoms with van der Waals surface area (Å²) in [6.45, 7) is 0. The van der Waals surface area contributed by atoms with E-state index in [1.807, 2.05) is 0 Å². The zero-order valence-electron chi connectivity index (χ0n) is 12.1. The molecule has 1 aromatic rings. The van der Waals surface area contributed by atoms with Gasteiger partial charge in [0.15, 0.2) is 11.5 Å². The smallest absolute Gasteiger partial charge is 0.163 e. The third-order valence-corrected chi connectivity index (χ3v) is 4.52. The molecule has 2 nitrogen and oxygen atoms in total. The van der Waals surface area contributed by atoms with Gasteiger partial charge in [-0.2, -0.15) is 0 Å². The van der Waals surface area contributed by atoms with Crippen molar-refractivity contribution in [3.05, 3.63) is 23.5 Å². The summed E-state index contributed by atoms with van der Waals surface area (Å²) in [5.41, 5.74) is 0.509. The van der Waals surface area contributed by atoms with Crippen LogP contribution >= 0.6 is 11.6 Å². The largest absolute Gasteiger partial charge is 0.493 e. The maximum atomic E-state index is 14.1. The highest BCUT2D eigenvalue weighted by Gasteiger charge is 2.22. The molecule has 1 atom stereocenters. The topological polar surface area (TPSA) is 18.5 Å². The van der Waals surface area contributed by atoms with Gasteiger partial charge in [0.05, 0.1) is 19.6 Å². The second-order valence-electron chi connectivity index (χ2n) is 5.44. The molecule has 0 bridgehead atoms. The Kier molecular flexibility index (Phi) is 5.53. The fourth-order valence-electron chi connectivity index (χ4n) is 2.95. The minimum atomic E-state index is -0.321. The minimum absolute atomic E-state index is 0.307. The van der Waals surface area contributed by atoms with Crippen LogP contribution in [-0.4, -0.2) is 14.2 Å². The fourth-order valence-corrected chi connectivity index (χ4v) is 3.37. The first-order valence-corrected chi connectivity index (χ1v) is 7.64. The van der Waals surface area contributed by atoms with Crippen molar-refractivity contribution in [2.75, 3.05) is 14.2 Å². The summed E-state index contributed by atoms with van der Waals surface area (Å²) in [4.78, 5) is 0. The standard InChI is InChI=1S/C16H22ClFO2/c1-19-15-9-12(14(18)10-16(15)20-2)13(17)8-11-6-4-3-5-7-11/h9-11,13H,3-8H2,1-2H3. The summed E-state index contributed by atoms with van der Waals surface area (Å²) in [6.07, 6.45) is 7.09. The Morgan fingerprint density at radius 2 is 1.75 bits per heavy atom. The van der Waals surface area contributed by atoms with Crippen LogP contribution in [0.4, 0.5) is 4.39 Å². The number of hydrogen-bond donors (Lipinski definition) is 0. The predicted octanol–water partition coefficient (Wildman–Crippen LogP) is 5.09. The van der Waals surface area contributed by atoms with Crippen LogP contribution < -0.4 is 9.47 Å². The molecule has 4 heteroatoms. The predicted molar refractivity (Wildman–Crippen MR) is 79.3 cm³/mol. The number of ether oxygens (including phenoxy) is 2. The maximum absolute atomic E-state index is 14.1. The van der Waals surface area contributed by atoms with E-state index in [-0.39, 0.29) is 11.2 Å². The molecule has 0 amide bonds. The summed E-state index contributed by atoms with van der Waals surface area (Å²) in [7, 11) is 3.04. The van der Waals surface area contributed by atoms with Crippen LogP contribution in [-0.2, 0) is 0 Å². The van der Waals surface area contributed by atoms with Crippen LogP contribution in [0, 0.1) is 11.7 Å². The van der Waals surface area contributed by atoms with E-state index in [0.29, 0.717) is 23.0 Å². The minimum Gasteiger partial charge on any atom is -0.493 e. The molecule has 1 fully saturated rings. The Hall–Kier alpha value is -0.960. The average Bonchev–Trinajstić information content (AvgIpc) is 2.47. The lowest BCUT2D eigenvalue weighted by Gasteiger charge is -2.24. The molecule has 112 valence electrons. The van der Waals surface area contributed by atoms with Crippen molar-refractivity contribution in [2.45, 2.75) is 43.9 Å². The number of benzene rings is 1. The zero-order chi connectivity index (χ0) is 14.5. The van der Waals surface area contributed by atoms with Crippen LogP contribution in [0.15, 0.2) is 12.1 Å². The monoisotopic (exact) mass is 300 g/mol. The van der Waals surface area contributed by atoms with E-state index < -0.39 is 0 Å². The summed E-state index contributed by atoms with van der Waals surface area (Å²) in [5.74, 6) is 1.21. The molecule has 2 rings (SSSR count). The highest BCUT2D eigenvalue weighted by molar-refractivity contribution is 6.20. The first kappa shape index (κ1) is 15.4. The van der Waals surface area contributed by atoms with Gasteiger partial charge in [-0.1, -0.05) is 32.1 Å². The SMILES string of the molecule is COc1cc(F)c(C(Cl)CC2CCCCC2)cc1OC.